The molecule has 1 aromatic heterocycles. The van der Waals surface area contributed by atoms with Gasteiger partial charge < -0.3 is 14.8 Å². The van der Waals surface area contributed by atoms with Gasteiger partial charge in [0, 0.05) is 38.1 Å². The van der Waals surface area contributed by atoms with Crippen molar-refractivity contribution in [2.45, 2.75) is 44.2 Å². The first-order valence-corrected chi connectivity index (χ1v) is 7.27. The first kappa shape index (κ1) is 12.7. The second kappa shape index (κ2) is 5.33. The number of anilines is 1. The Balaban J connectivity index is 1.80. The third kappa shape index (κ3) is 2.81. The summed E-state index contributed by atoms with van der Waals surface area (Å²) in [5, 5.41) is 3.56. The van der Waals surface area contributed by atoms with E-state index in [9.17, 15) is 4.79 Å². The minimum absolute atomic E-state index is 0.0187. The largest absolute Gasteiger partial charge is 0.347 e. The molecule has 0 aromatic carbocycles. The summed E-state index contributed by atoms with van der Waals surface area (Å²) < 4.78 is 1.62. The Labute approximate surface area is 113 Å². The molecule has 1 N–H and O–H groups in total. The van der Waals surface area contributed by atoms with Crippen LogP contribution in [0.15, 0.2) is 17.2 Å². The van der Waals surface area contributed by atoms with Gasteiger partial charge >= 0.3 is 0 Å². The highest BCUT2D eigenvalue weighted by Crippen LogP contribution is 2.29. The van der Waals surface area contributed by atoms with Gasteiger partial charge in [0.05, 0.1) is 0 Å². The van der Waals surface area contributed by atoms with Gasteiger partial charge in [0.15, 0.2) is 5.82 Å². The van der Waals surface area contributed by atoms with E-state index in [1.165, 1.54) is 32.1 Å². The topological polar surface area (TPSA) is 50.2 Å². The zero-order valence-corrected chi connectivity index (χ0v) is 11.5. The van der Waals surface area contributed by atoms with Crippen LogP contribution in [-0.4, -0.2) is 34.7 Å². The van der Waals surface area contributed by atoms with Crippen LogP contribution in [0.25, 0.3) is 0 Å². The summed E-state index contributed by atoms with van der Waals surface area (Å²) in [5.74, 6) is 0.625. The third-order valence-electron chi connectivity index (χ3n) is 4.09. The van der Waals surface area contributed by atoms with Gasteiger partial charge in [0.25, 0.3) is 5.56 Å². The predicted octanol–water partition coefficient (Wildman–Crippen LogP) is 0.891. The summed E-state index contributed by atoms with van der Waals surface area (Å²) in [6.45, 7) is 2.01. The van der Waals surface area contributed by atoms with Gasteiger partial charge in [-0.3, -0.25) is 4.79 Å². The highest BCUT2D eigenvalue weighted by molar-refractivity contribution is 5.39. The van der Waals surface area contributed by atoms with Crippen molar-refractivity contribution in [3.8, 4) is 0 Å². The molecule has 2 aliphatic rings. The van der Waals surface area contributed by atoms with Gasteiger partial charge in [0.2, 0.25) is 0 Å². The van der Waals surface area contributed by atoms with Crippen molar-refractivity contribution in [2.75, 3.05) is 18.0 Å². The number of hydrogen-bond donors (Lipinski definition) is 1. The van der Waals surface area contributed by atoms with E-state index >= 15 is 0 Å². The molecule has 1 saturated heterocycles. The molecule has 1 saturated carbocycles. The summed E-state index contributed by atoms with van der Waals surface area (Å²) >= 11 is 0. The fourth-order valence-electron chi connectivity index (χ4n) is 2.79. The van der Waals surface area contributed by atoms with Crippen molar-refractivity contribution in [1.82, 2.24) is 14.9 Å². The second-order valence-electron chi connectivity index (χ2n) is 5.70. The summed E-state index contributed by atoms with van der Waals surface area (Å²) in [5.41, 5.74) is 0.0187. The van der Waals surface area contributed by atoms with Crippen LogP contribution in [0.5, 0.6) is 0 Å². The standard InChI is InChI=1S/C14H22N4O/c1-17-9-8-16-13(14(17)19)18(12-5-6-12)10-11-4-2-3-7-15-11/h8-9,11-12,15H,2-7,10H2,1H3. The van der Waals surface area contributed by atoms with E-state index in [-0.39, 0.29) is 5.56 Å². The fourth-order valence-corrected chi connectivity index (χ4v) is 2.79. The van der Waals surface area contributed by atoms with Crippen LogP contribution in [-0.2, 0) is 7.05 Å². The summed E-state index contributed by atoms with van der Waals surface area (Å²) in [6, 6.07) is 1.02. The van der Waals surface area contributed by atoms with Crippen LogP contribution < -0.4 is 15.8 Å². The Morgan fingerprint density at radius 2 is 2.26 bits per heavy atom. The van der Waals surface area contributed by atoms with Crippen molar-refractivity contribution < 1.29 is 0 Å². The molecule has 1 unspecified atom stereocenters. The average molecular weight is 262 g/mol. The van der Waals surface area contributed by atoms with Gasteiger partial charge in [-0.05, 0) is 32.2 Å². The molecule has 2 fully saturated rings. The van der Waals surface area contributed by atoms with E-state index in [1.807, 2.05) is 0 Å². The molecular weight excluding hydrogens is 240 g/mol. The van der Waals surface area contributed by atoms with Crippen molar-refractivity contribution in [2.24, 2.45) is 7.05 Å². The van der Waals surface area contributed by atoms with Gasteiger partial charge in [-0.1, -0.05) is 6.42 Å². The van der Waals surface area contributed by atoms with Gasteiger partial charge in [0.1, 0.15) is 0 Å². The number of aromatic nitrogens is 2. The van der Waals surface area contributed by atoms with Crippen molar-refractivity contribution in [3.05, 3.63) is 22.7 Å². The van der Waals surface area contributed by atoms with E-state index in [0.717, 1.165) is 13.1 Å². The van der Waals surface area contributed by atoms with Crippen molar-refractivity contribution in [3.63, 3.8) is 0 Å². The molecule has 1 atom stereocenters. The molecule has 5 nitrogen and oxygen atoms in total. The van der Waals surface area contributed by atoms with Crippen LogP contribution in [0.3, 0.4) is 0 Å². The van der Waals surface area contributed by atoms with Crippen molar-refractivity contribution in [1.29, 1.82) is 0 Å². The Bertz CT molecular complexity index is 488. The van der Waals surface area contributed by atoms with E-state index in [2.05, 4.69) is 15.2 Å². The first-order valence-electron chi connectivity index (χ1n) is 7.27. The number of rotatable bonds is 4. The Hall–Kier alpha value is -1.36. The molecular formula is C14H22N4O. The molecule has 1 aliphatic carbocycles. The molecule has 0 spiro atoms. The van der Waals surface area contributed by atoms with E-state index in [0.29, 0.717) is 17.9 Å². The summed E-state index contributed by atoms with van der Waals surface area (Å²) in [6.07, 6.45) is 9.58. The third-order valence-corrected chi connectivity index (χ3v) is 4.09. The SMILES string of the molecule is Cn1ccnc(N(CC2CCCCN2)C2CC2)c1=O. The van der Waals surface area contributed by atoms with Crippen molar-refractivity contribution >= 4 is 5.82 Å². The Morgan fingerprint density at radius 1 is 1.42 bits per heavy atom. The molecule has 0 radical (unpaired) electrons. The van der Waals surface area contributed by atoms with Gasteiger partial charge in [-0.15, -0.1) is 0 Å². The molecule has 1 aliphatic heterocycles. The maximum atomic E-state index is 12.2. The zero-order chi connectivity index (χ0) is 13.2. The average Bonchev–Trinajstić information content (AvgIpc) is 3.25. The van der Waals surface area contributed by atoms with E-state index < -0.39 is 0 Å². The zero-order valence-electron chi connectivity index (χ0n) is 11.5. The molecule has 104 valence electrons. The lowest BCUT2D eigenvalue weighted by molar-refractivity contribution is 0.397. The fraction of sp³-hybridized carbons (Fsp3) is 0.714. The molecule has 0 amide bonds. The molecule has 0 bridgehead atoms. The van der Waals surface area contributed by atoms with Gasteiger partial charge in [-0.25, -0.2) is 4.98 Å². The summed E-state index contributed by atoms with van der Waals surface area (Å²) in [4.78, 5) is 18.8. The summed E-state index contributed by atoms with van der Waals surface area (Å²) in [7, 11) is 1.79. The van der Waals surface area contributed by atoms with E-state index in [1.54, 1.807) is 24.0 Å². The maximum Gasteiger partial charge on any atom is 0.293 e. The number of piperidine rings is 1. The Morgan fingerprint density at radius 3 is 2.95 bits per heavy atom. The number of hydrogen-bond acceptors (Lipinski definition) is 4. The quantitative estimate of drug-likeness (QED) is 0.875. The second-order valence-corrected chi connectivity index (χ2v) is 5.70. The number of nitrogens with one attached hydrogen (secondary N) is 1. The molecule has 2 heterocycles. The van der Waals surface area contributed by atoms with Crippen LogP contribution in [0.1, 0.15) is 32.1 Å². The van der Waals surface area contributed by atoms with Crippen LogP contribution >= 0.6 is 0 Å². The molecule has 3 rings (SSSR count). The monoisotopic (exact) mass is 262 g/mol. The minimum Gasteiger partial charge on any atom is -0.347 e. The lowest BCUT2D eigenvalue weighted by atomic mass is 10.0. The highest BCUT2D eigenvalue weighted by atomic mass is 16.1. The normalized spacial score (nSPS) is 23.3. The van der Waals surface area contributed by atoms with Crippen LogP contribution in [0.2, 0.25) is 0 Å². The highest BCUT2D eigenvalue weighted by Gasteiger charge is 2.33. The predicted molar refractivity (Wildman–Crippen MR) is 75.5 cm³/mol. The lowest BCUT2D eigenvalue weighted by Crippen LogP contribution is -2.46. The maximum absolute atomic E-state index is 12.2. The molecule has 1 aromatic rings. The minimum atomic E-state index is 0.0187. The molecule has 5 heteroatoms. The number of aryl methyl sites for hydroxylation is 1. The first-order chi connectivity index (χ1) is 9.25. The van der Waals surface area contributed by atoms with Crippen LogP contribution in [0.4, 0.5) is 5.82 Å². The van der Waals surface area contributed by atoms with Crippen LogP contribution in [0, 0.1) is 0 Å². The lowest BCUT2D eigenvalue weighted by Gasteiger charge is -2.31. The van der Waals surface area contributed by atoms with Gasteiger partial charge in [-0.2, -0.15) is 0 Å². The van der Waals surface area contributed by atoms with E-state index in [4.69, 9.17) is 0 Å². The number of nitrogens with zero attached hydrogens (tertiary/aromatic N) is 3. The molecule has 19 heavy (non-hydrogen) atoms. The Kier molecular flexibility index (Phi) is 3.55. The smallest absolute Gasteiger partial charge is 0.293 e.